The highest BCUT2D eigenvalue weighted by atomic mass is 32.1. The number of ether oxygens (including phenoxy) is 1. The predicted molar refractivity (Wildman–Crippen MR) is 80.3 cm³/mol. The van der Waals surface area contributed by atoms with E-state index < -0.39 is 0 Å². The molecule has 1 aromatic heterocycles. The number of nitrogens with zero attached hydrogens (tertiary/aromatic N) is 1. The van der Waals surface area contributed by atoms with Gasteiger partial charge in [0, 0.05) is 29.5 Å². The lowest BCUT2D eigenvalue weighted by molar-refractivity contribution is -0.132. The zero-order valence-corrected chi connectivity index (χ0v) is 12.5. The van der Waals surface area contributed by atoms with Crippen molar-refractivity contribution >= 4 is 17.2 Å². The second-order valence-electron chi connectivity index (χ2n) is 4.90. The Bertz CT molecular complexity index is 509. The molecule has 1 atom stereocenters. The SMILES string of the molecule is CN(Cc1cc(C#CCN)cs1)C(=O)CC1CCCO1. The van der Waals surface area contributed by atoms with Crippen LogP contribution in [0.2, 0.25) is 0 Å². The molecular weight excluding hydrogens is 272 g/mol. The van der Waals surface area contributed by atoms with E-state index in [1.54, 1.807) is 16.2 Å². The van der Waals surface area contributed by atoms with Gasteiger partial charge in [-0.15, -0.1) is 11.3 Å². The Labute approximate surface area is 123 Å². The summed E-state index contributed by atoms with van der Waals surface area (Å²) < 4.78 is 5.50. The zero-order chi connectivity index (χ0) is 14.4. The average molecular weight is 292 g/mol. The van der Waals surface area contributed by atoms with Crippen molar-refractivity contribution in [2.24, 2.45) is 5.73 Å². The number of thiophene rings is 1. The van der Waals surface area contributed by atoms with Crippen LogP contribution in [0.1, 0.15) is 29.7 Å². The highest BCUT2D eigenvalue weighted by molar-refractivity contribution is 7.10. The Morgan fingerprint density at radius 2 is 2.50 bits per heavy atom. The first-order chi connectivity index (χ1) is 9.69. The first-order valence-corrected chi connectivity index (χ1v) is 7.69. The number of rotatable bonds is 4. The van der Waals surface area contributed by atoms with Gasteiger partial charge in [-0.3, -0.25) is 4.79 Å². The summed E-state index contributed by atoms with van der Waals surface area (Å²) in [6.45, 7) is 1.78. The van der Waals surface area contributed by atoms with Gasteiger partial charge < -0.3 is 15.4 Å². The van der Waals surface area contributed by atoms with Crippen molar-refractivity contribution in [1.82, 2.24) is 4.90 Å². The second kappa shape index (κ2) is 7.44. The molecule has 2 heterocycles. The van der Waals surface area contributed by atoms with E-state index in [0.29, 0.717) is 19.5 Å². The van der Waals surface area contributed by atoms with Crippen LogP contribution < -0.4 is 5.73 Å². The molecule has 2 rings (SSSR count). The summed E-state index contributed by atoms with van der Waals surface area (Å²) in [7, 11) is 1.84. The number of hydrogen-bond acceptors (Lipinski definition) is 4. The Balaban J connectivity index is 1.85. The van der Waals surface area contributed by atoms with Crippen molar-refractivity contribution in [3.8, 4) is 11.8 Å². The summed E-state index contributed by atoms with van der Waals surface area (Å²) in [4.78, 5) is 15.0. The molecule has 1 aromatic rings. The standard InChI is InChI=1S/C15H20N2O2S/c1-17(15(18)9-13-5-3-7-19-13)10-14-8-12(11-20-14)4-2-6-16/h8,11,13H,3,5-7,9-10,16H2,1H3. The normalized spacial score (nSPS) is 17.6. The lowest BCUT2D eigenvalue weighted by Crippen LogP contribution is -2.29. The van der Waals surface area contributed by atoms with E-state index in [0.717, 1.165) is 29.9 Å². The topological polar surface area (TPSA) is 55.6 Å². The third kappa shape index (κ3) is 4.34. The smallest absolute Gasteiger partial charge is 0.225 e. The summed E-state index contributed by atoms with van der Waals surface area (Å²) in [5, 5.41) is 2.00. The van der Waals surface area contributed by atoms with Crippen LogP contribution in [0.3, 0.4) is 0 Å². The van der Waals surface area contributed by atoms with E-state index in [2.05, 4.69) is 11.8 Å². The van der Waals surface area contributed by atoms with Crippen LogP contribution in [-0.2, 0) is 16.1 Å². The fraction of sp³-hybridized carbons (Fsp3) is 0.533. The van der Waals surface area contributed by atoms with Crippen molar-refractivity contribution in [1.29, 1.82) is 0 Å². The van der Waals surface area contributed by atoms with Gasteiger partial charge in [-0.2, -0.15) is 0 Å². The number of hydrogen-bond donors (Lipinski definition) is 1. The summed E-state index contributed by atoms with van der Waals surface area (Å²) in [5.74, 6) is 5.97. The minimum absolute atomic E-state index is 0.110. The molecule has 1 aliphatic heterocycles. The van der Waals surface area contributed by atoms with Crippen molar-refractivity contribution < 1.29 is 9.53 Å². The maximum Gasteiger partial charge on any atom is 0.225 e. The minimum atomic E-state index is 0.110. The Hall–Kier alpha value is -1.35. The summed E-state index contributed by atoms with van der Waals surface area (Å²) >= 11 is 1.62. The Morgan fingerprint density at radius 3 is 3.20 bits per heavy atom. The van der Waals surface area contributed by atoms with Crippen LogP contribution in [0.5, 0.6) is 0 Å². The lowest BCUT2D eigenvalue weighted by Gasteiger charge is -2.18. The van der Waals surface area contributed by atoms with Crippen molar-refractivity contribution in [2.75, 3.05) is 20.2 Å². The Kier molecular flexibility index (Phi) is 5.60. The number of nitrogens with two attached hydrogens (primary N) is 1. The fourth-order valence-electron chi connectivity index (χ4n) is 2.16. The van der Waals surface area contributed by atoms with Crippen LogP contribution >= 0.6 is 11.3 Å². The molecule has 1 fully saturated rings. The molecule has 1 saturated heterocycles. The number of carbonyl (C=O) groups is 1. The first-order valence-electron chi connectivity index (χ1n) is 6.81. The van der Waals surface area contributed by atoms with Crippen LogP contribution in [0.15, 0.2) is 11.4 Å². The van der Waals surface area contributed by atoms with Crippen LogP contribution in [-0.4, -0.2) is 37.1 Å². The van der Waals surface area contributed by atoms with Gasteiger partial charge in [0.1, 0.15) is 0 Å². The van der Waals surface area contributed by atoms with Crippen molar-refractivity contribution in [3.05, 3.63) is 21.9 Å². The molecule has 1 aliphatic rings. The average Bonchev–Trinajstić information content (AvgIpc) is 3.08. The monoisotopic (exact) mass is 292 g/mol. The molecule has 0 radical (unpaired) electrons. The molecule has 0 spiro atoms. The van der Waals surface area contributed by atoms with Gasteiger partial charge in [0.05, 0.1) is 25.6 Å². The van der Waals surface area contributed by atoms with Gasteiger partial charge in [-0.1, -0.05) is 11.8 Å². The highest BCUT2D eigenvalue weighted by Crippen LogP contribution is 2.19. The summed E-state index contributed by atoms with van der Waals surface area (Å²) in [6.07, 6.45) is 2.66. The van der Waals surface area contributed by atoms with Crippen molar-refractivity contribution in [3.63, 3.8) is 0 Å². The molecule has 20 heavy (non-hydrogen) atoms. The number of amides is 1. The quantitative estimate of drug-likeness (QED) is 0.857. The molecule has 1 unspecified atom stereocenters. The summed E-state index contributed by atoms with van der Waals surface area (Å²) in [6, 6.07) is 2.02. The Morgan fingerprint density at radius 1 is 1.65 bits per heavy atom. The van der Waals surface area contributed by atoms with E-state index in [1.165, 1.54) is 0 Å². The van der Waals surface area contributed by atoms with Gasteiger partial charge in [-0.25, -0.2) is 0 Å². The van der Waals surface area contributed by atoms with Crippen molar-refractivity contribution in [2.45, 2.75) is 31.9 Å². The maximum absolute atomic E-state index is 12.1. The van der Waals surface area contributed by atoms with E-state index in [-0.39, 0.29) is 12.0 Å². The van der Waals surface area contributed by atoms with Crippen LogP contribution in [0.4, 0.5) is 0 Å². The van der Waals surface area contributed by atoms with Crippen LogP contribution in [0.25, 0.3) is 0 Å². The van der Waals surface area contributed by atoms with Gasteiger partial charge in [0.2, 0.25) is 5.91 Å². The molecule has 5 heteroatoms. The van der Waals surface area contributed by atoms with E-state index in [4.69, 9.17) is 10.5 Å². The molecule has 2 N–H and O–H groups in total. The molecule has 0 aliphatic carbocycles. The van der Waals surface area contributed by atoms with Crippen LogP contribution in [0, 0.1) is 11.8 Å². The number of carbonyl (C=O) groups excluding carboxylic acids is 1. The maximum atomic E-state index is 12.1. The van der Waals surface area contributed by atoms with Gasteiger partial charge in [0.15, 0.2) is 0 Å². The zero-order valence-electron chi connectivity index (χ0n) is 11.7. The largest absolute Gasteiger partial charge is 0.378 e. The van der Waals surface area contributed by atoms with E-state index in [9.17, 15) is 4.79 Å². The van der Waals surface area contributed by atoms with Gasteiger partial charge in [0.25, 0.3) is 0 Å². The summed E-state index contributed by atoms with van der Waals surface area (Å²) in [5.41, 5.74) is 6.31. The molecule has 108 valence electrons. The van der Waals surface area contributed by atoms with Gasteiger partial charge in [-0.05, 0) is 18.9 Å². The predicted octanol–water partition coefficient (Wildman–Crippen LogP) is 1.59. The highest BCUT2D eigenvalue weighted by Gasteiger charge is 2.21. The van der Waals surface area contributed by atoms with E-state index >= 15 is 0 Å². The molecule has 0 saturated carbocycles. The first kappa shape index (κ1) is 15.0. The van der Waals surface area contributed by atoms with Gasteiger partial charge >= 0.3 is 0 Å². The third-order valence-corrected chi connectivity index (χ3v) is 4.16. The molecule has 0 bridgehead atoms. The molecular formula is C15H20N2O2S. The molecule has 1 amide bonds. The molecule has 4 nitrogen and oxygen atoms in total. The fourth-order valence-corrected chi connectivity index (χ4v) is 3.03. The molecule has 0 aromatic carbocycles. The third-order valence-electron chi connectivity index (χ3n) is 3.23. The lowest BCUT2D eigenvalue weighted by atomic mass is 10.1. The second-order valence-corrected chi connectivity index (χ2v) is 5.89. The minimum Gasteiger partial charge on any atom is -0.378 e. The van der Waals surface area contributed by atoms with E-state index in [1.807, 2.05) is 18.5 Å².